The summed E-state index contributed by atoms with van der Waals surface area (Å²) in [6.45, 7) is -1.79. The molecule has 0 saturated heterocycles. The first kappa shape index (κ1) is 15.8. The van der Waals surface area contributed by atoms with E-state index < -0.39 is 18.2 Å². The normalized spacial score (nSPS) is 14.8. The molecule has 1 aliphatic rings. The molecule has 4 nitrogen and oxygen atoms in total. The molecular formula is C18H14F3N3O. The minimum atomic E-state index is -3.59. The number of fused-ring (bicyclic) bond motifs is 1. The summed E-state index contributed by atoms with van der Waals surface area (Å²) < 4.78 is 41.5. The van der Waals surface area contributed by atoms with Gasteiger partial charge in [-0.05, 0) is 31.0 Å². The van der Waals surface area contributed by atoms with Crippen LogP contribution in [-0.4, -0.2) is 21.2 Å². The third-order valence-corrected chi connectivity index (χ3v) is 4.29. The number of benzene rings is 1. The maximum absolute atomic E-state index is 13.7. The number of pyridine rings is 1. The molecule has 1 aliphatic carbocycles. The van der Waals surface area contributed by atoms with Crippen LogP contribution in [0.1, 0.15) is 24.4 Å². The van der Waals surface area contributed by atoms with Crippen LogP contribution in [0.25, 0.3) is 22.4 Å². The average Bonchev–Trinajstić information content (AvgIpc) is 3.46. The molecule has 0 amide bonds. The molecule has 1 aromatic carbocycles. The number of nitrogens with zero attached hydrogens (tertiary/aromatic N) is 3. The average molecular weight is 345 g/mol. The van der Waals surface area contributed by atoms with E-state index in [0.29, 0.717) is 11.2 Å². The molecule has 2 heterocycles. The van der Waals surface area contributed by atoms with Crippen molar-refractivity contribution in [1.82, 2.24) is 14.5 Å². The van der Waals surface area contributed by atoms with Crippen LogP contribution in [0.15, 0.2) is 47.4 Å². The van der Waals surface area contributed by atoms with E-state index in [1.165, 1.54) is 12.1 Å². The highest BCUT2D eigenvalue weighted by Crippen LogP contribution is 2.36. The van der Waals surface area contributed by atoms with E-state index in [-0.39, 0.29) is 22.9 Å². The molecule has 0 spiro atoms. The number of hydrogen-bond acceptors (Lipinski definition) is 3. The van der Waals surface area contributed by atoms with Crippen LogP contribution in [0.5, 0.6) is 0 Å². The van der Waals surface area contributed by atoms with Gasteiger partial charge in [-0.3, -0.25) is 9.36 Å². The molecule has 1 fully saturated rings. The van der Waals surface area contributed by atoms with Crippen molar-refractivity contribution in [3.05, 3.63) is 58.5 Å². The molecule has 0 N–H and O–H groups in total. The number of hydrogen-bond donors (Lipinski definition) is 0. The minimum absolute atomic E-state index is 0.0575. The predicted octanol–water partition coefficient (Wildman–Crippen LogP) is 3.85. The van der Waals surface area contributed by atoms with Crippen LogP contribution in [0, 0.1) is 0 Å². The molecule has 0 unspecified atom stereocenters. The van der Waals surface area contributed by atoms with Gasteiger partial charge in [0.2, 0.25) is 0 Å². The maximum atomic E-state index is 13.7. The zero-order valence-electron chi connectivity index (χ0n) is 13.1. The van der Waals surface area contributed by atoms with Crippen LogP contribution in [0.2, 0.25) is 0 Å². The van der Waals surface area contributed by atoms with Crippen LogP contribution in [0.3, 0.4) is 0 Å². The molecule has 0 atom stereocenters. The second-order valence-corrected chi connectivity index (χ2v) is 6.13. The zero-order valence-corrected chi connectivity index (χ0v) is 13.1. The number of rotatable bonds is 4. The Kier molecular flexibility index (Phi) is 3.59. The van der Waals surface area contributed by atoms with Crippen molar-refractivity contribution in [3.8, 4) is 11.3 Å². The van der Waals surface area contributed by atoms with E-state index in [2.05, 4.69) is 9.97 Å². The van der Waals surface area contributed by atoms with Gasteiger partial charge in [-0.25, -0.2) is 14.4 Å². The molecule has 0 aliphatic heterocycles. The third kappa shape index (κ3) is 2.69. The molecule has 128 valence electrons. The minimum Gasteiger partial charge on any atom is -0.286 e. The van der Waals surface area contributed by atoms with Gasteiger partial charge in [0, 0.05) is 23.4 Å². The SMILES string of the molecule is O=c1c(-c2cccc(C(F)(F)CF)c2)nc2cccnc2n1C1CC1. The summed E-state index contributed by atoms with van der Waals surface area (Å²) >= 11 is 0. The largest absolute Gasteiger partial charge is 0.301 e. The Labute approximate surface area is 141 Å². The van der Waals surface area contributed by atoms with E-state index in [9.17, 15) is 18.0 Å². The summed E-state index contributed by atoms with van der Waals surface area (Å²) in [6, 6.07) is 8.67. The lowest BCUT2D eigenvalue weighted by Gasteiger charge is -2.14. The van der Waals surface area contributed by atoms with Gasteiger partial charge in [-0.15, -0.1) is 0 Å². The summed E-state index contributed by atoms with van der Waals surface area (Å²) in [5.41, 5.74) is 0.489. The van der Waals surface area contributed by atoms with Gasteiger partial charge in [-0.1, -0.05) is 18.2 Å². The van der Waals surface area contributed by atoms with Crippen molar-refractivity contribution < 1.29 is 13.2 Å². The first-order chi connectivity index (χ1) is 12.0. The fourth-order valence-electron chi connectivity index (χ4n) is 2.87. The first-order valence-electron chi connectivity index (χ1n) is 7.93. The Hall–Kier alpha value is -2.70. The van der Waals surface area contributed by atoms with Gasteiger partial charge < -0.3 is 0 Å². The van der Waals surface area contributed by atoms with Crippen molar-refractivity contribution in [2.75, 3.05) is 6.67 Å². The summed E-state index contributed by atoms with van der Waals surface area (Å²) in [7, 11) is 0. The van der Waals surface area contributed by atoms with E-state index >= 15 is 0 Å². The standard InChI is InChI=1S/C18H14F3N3O/c19-10-18(20,21)12-4-1-3-11(9-12)15-17(25)24(13-6-7-13)16-14(23-15)5-2-8-22-16/h1-5,8-9,13H,6-7,10H2. The van der Waals surface area contributed by atoms with Crippen LogP contribution >= 0.6 is 0 Å². The smallest absolute Gasteiger partial charge is 0.286 e. The van der Waals surface area contributed by atoms with Gasteiger partial charge in [0.05, 0.1) is 0 Å². The number of halogens is 3. The summed E-state index contributed by atoms with van der Waals surface area (Å²) in [5, 5.41) is 0. The Bertz CT molecular complexity index is 1010. The highest BCUT2D eigenvalue weighted by molar-refractivity contribution is 5.74. The van der Waals surface area contributed by atoms with Crippen LogP contribution in [0.4, 0.5) is 13.2 Å². The Morgan fingerprint density at radius 3 is 2.72 bits per heavy atom. The highest BCUT2D eigenvalue weighted by atomic mass is 19.3. The summed E-state index contributed by atoms with van der Waals surface area (Å²) in [5.74, 6) is -3.59. The lowest BCUT2D eigenvalue weighted by molar-refractivity contribution is -0.0280. The van der Waals surface area contributed by atoms with Crippen LogP contribution in [-0.2, 0) is 5.92 Å². The van der Waals surface area contributed by atoms with Crippen molar-refractivity contribution in [2.24, 2.45) is 0 Å². The Balaban J connectivity index is 1.95. The quantitative estimate of drug-likeness (QED) is 0.721. The summed E-state index contributed by atoms with van der Waals surface area (Å²) in [6.07, 6.45) is 3.33. The van der Waals surface area contributed by atoms with Crippen LogP contribution < -0.4 is 5.56 Å². The van der Waals surface area contributed by atoms with E-state index in [0.717, 1.165) is 25.0 Å². The molecule has 3 aromatic rings. The summed E-state index contributed by atoms with van der Waals surface area (Å²) in [4.78, 5) is 21.5. The van der Waals surface area contributed by atoms with Crippen molar-refractivity contribution in [1.29, 1.82) is 0 Å². The number of aromatic nitrogens is 3. The molecule has 1 saturated carbocycles. The van der Waals surface area contributed by atoms with Gasteiger partial charge in [-0.2, -0.15) is 8.78 Å². The first-order valence-corrected chi connectivity index (χ1v) is 7.93. The number of alkyl halides is 3. The monoisotopic (exact) mass is 345 g/mol. The van der Waals surface area contributed by atoms with E-state index in [4.69, 9.17) is 0 Å². The molecule has 7 heteroatoms. The third-order valence-electron chi connectivity index (χ3n) is 4.29. The fourth-order valence-corrected chi connectivity index (χ4v) is 2.87. The lowest BCUT2D eigenvalue weighted by Crippen LogP contribution is -2.24. The fraction of sp³-hybridized carbons (Fsp3) is 0.278. The second-order valence-electron chi connectivity index (χ2n) is 6.13. The van der Waals surface area contributed by atoms with Crippen molar-refractivity contribution in [2.45, 2.75) is 24.8 Å². The van der Waals surface area contributed by atoms with E-state index in [1.807, 2.05) is 0 Å². The highest BCUT2D eigenvalue weighted by Gasteiger charge is 2.32. The zero-order chi connectivity index (χ0) is 17.6. The van der Waals surface area contributed by atoms with Gasteiger partial charge in [0.1, 0.15) is 11.2 Å². The molecule has 2 aromatic heterocycles. The molecule has 25 heavy (non-hydrogen) atoms. The predicted molar refractivity (Wildman–Crippen MR) is 87.4 cm³/mol. The van der Waals surface area contributed by atoms with E-state index in [1.54, 1.807) is 22.9 Å². The molecule has 0 radical (unpaired) electrons. The van der Waals surface area contributed by atoms with Gasteiger partial charge in [0.25, 0.3) is 5.56 Å². The van der Waals surface area contributed by atoms with Gasteiger partial charge >= 0.3 is 5.92 Å². The Morgan fingerprint density at radius 1 is 1.20 bits per heavy atom. The van der Waals surface area contributed by atoms with Crippen molar-refractivity contribution in [3.63, 3.8) is 0 Å². The Morgan fingerprint density at radius 2 is 2.00 bits per heavy atom. The molecular weight excluding hydrogens is 331 g/mol. The topological polar surface area (TPSA) is 47.8 Å². The lowest BCUT2D eigenvalue weighted by atomic mass is 10.0. The van der Waals surface area contributed by atoms with Gasteiger partial charge in [0.15, 0.2) is 12.3 Å². The van der Waals surface area contributed by atoms with Crippen molar-refractivity contribution >= 4 is 11.2 Å². The second kappa shape index (κ2) is 5.68. The maximum Gasteiger partial charge on any atom is 0.301 e. The molecule has 4 rings (SSSR count). The molecule has 0 bridgehead atoms.